The van der Waals surface area contributed by atoms with Crippen molar-refractivity contribution in [1.82, 2.24) is 9.80 Å². The van der Waals surface area contributed by atoms with E-state index in [1.165, 1.54) is 35.5 Å². The normalized spacial score (nSPS) is 26.4. The van der Waals surface area contributed by atoms with Gasteiger partial charge in [-0.3, -0.25) is 19.4 Å². The van der Waals surface area contributed by atoms with Gasteiger partial charge in [0.25, 0.3) is 11.8 Å². The summed E-state index contributed by atoms with van der Waals surface area (Å²) in [6.45, 7) is 6.98. The molecule has 2 fully saturated rings. The lowest BCUT2D eigenvalue weighted by Crippen LogP contribution is -2.55. The van der Waals surface area contributed by atoms with Gasteiger partial charge in [-0.05, 0) is 56.8 Å². The van der Waals surface area contributed by atoms with Gasteiger partial charge in [0.05, 0.1) is 0 Å². The van der Waals surface area contributed by atoms with Gasteiger partial charge >= 0.3 is 0 Å². The van der Waals surface area contributed by atoms with Gasteiger partial charge in [-0.1, -0.05) is 31.9 Å². The minimum Gasteiger partial charge on any atom is -0.285 e. The molecule has 1 aliphatic heterocycles. The molecule has 126 valence electrons. The molecule has 0 unspecified atom stereocenters. The highest BCUT2D eigenvalue weighted by molar-refractivity contribution is 7.80. The van der Waals surface area contributed by atoms with Crippen LogP contribution in [0.2, 0.25) is 0 Å². The first-order valence-electron chi connectivity index (χ1n) is 8.55. The van der Waals surface area contributed by atoms with Gasteiger partial charge in [0.2, 0.25) is 0 Å². The first-order chi connectivity index (χ1) is 11.0. The molecule has 0 N–H and O–H groups in total. The van der Waals surface area contributed by atoms with Crippen LogP contribution in [0, 0.1) is 11.8 Å². The Bertz CT molecular complexity index is 517. The Balaban J connectivity index is 2.13. The highest BCUT2D eigenvalue weighted by atomic mass is 32.1. The van der Waals surface area contributed by atoms with Crippen molar-refractivity contribution in [2.24, 2.45) is 11.8 Å². The monoisotopic (exact) mass is 334 g/mol. The van der Waals surface area contributed by atoms with E-state index in [0.29, 0.717) is 24.1 Å². The highest BCUT2D eigenvalue weighted by Crippen LogP contribution is 2.29. The van der Waals surface area contributed by atoms with Crippen molar-refractivity contribution in [3.05, 3.63) is 23.8 Å². The zero-order chi connectivity index (χ0) is 17.0. The molecule has 2 rings (SSSR count). The Morgan fingerprint density at radius 3 is 2.04 bits per heavy atom. The van der Waals surface area contributed by atoms with Crippen molar-refractivity contribution < 1.29 is 9.59 Å². The lowest BCUT2D eigenvalue weighted by molar-refractivity contribution is -0.133. The first kappa shape index (κ1) is 17.9. The summed E-state index contributed by atoms with van der Waals surface area (Å²) in [6, 6.07) is 0. The molecule has 0 aromatic carbocycles. The Hall–Kier alpha value is -1.49. The molecule has 1 heterocycles. The highest BCUT2D eigenvalue weighted by Gasteiger charge is 2.37. The van der Waals surface area contributed by atoms with Gasteiger partial charge in [0, 0.05) is 13.1 Å². The van der Waals surface area contributed by atoms with E-state index >= 15 is 0 Å². The molecule has 0 spiro atoms. The molecular formula is C18H26N2O2S. The van der Waals surface area contributed by atoms with Gasteiger partial charge in [-0.15, -0.1) is 0 Å². The number of carbonyl (C=O) groups is 2. The Morgan fingerprint density at radius 2 is 1.57 bits per heavy atom. The average Bonchev–Trinajstić information content (AvgIpc) is 2.53. The number of amides is 2. The number of hydrogen-bond donors (Lipinski definition) is 0. The van der Waals surface area contributed by atoms with Gasteiger partial charge in [0.1, 0.15) is 5.57 Å². The van der Waals surface area contributed by atoms with Crippen LogP contribution in [0.25, 0.3) is 0 Å². The Kier molecular flexibility index (Phi) is 6.10. The standard InChI is InChI=1S/C18H26N2O2S/c1-4-19-16(21)15(17(22)20(5-2)18(19)23)8-6-7-14-11-9-13(3)10-12-14/h6-8,13-14H,4-5,9-12H2,1-3H3/b7-6+. The van der Waals surface area contributed by atoms with E-state index in [2.05, 4.69) is 13.0 Å². The predicted octanol–water partition coefficient (Wildman–Crippen LogP) is 3.29. The van der Waals surface area contributed by atoms with E-state index < -0.39 is 0 Å². The zero-order valence-corrected chi connectivity index (χ0v) is 15.1. The summed E-state index contributed by atoms with van der Waals surface area (Å²) in [7, 11) is 0. The molecule has 2 amide bonds. The third-order valence-corrected chi connectivity index (χ3v) is 5.19. The number of thiocarbonyl (C=S) groups is 1. The van der Waals surface area contributed by atoms with E-state index in [4.69, 9.17) is 12.2 Å². The fraction of sp³-hybridized carbons (Fsp3) is 0.611. The maximum absolute atomic E-state index is 12.5. The molecule has 1 aliphatic carbocycles. The number of carbonyl (C=O) groups excluding carboxylic acids is 2. The van der Waals surface area contributed by atoms with Crippen LogP contribution in [-0.2, 0) is 9.59 Å². The predicted molar refractivity (Wildman–Crippen MR) is 95.7 cm³/mol. The molecule has 0 aromatic heterocycles. The topological polar surface area (TPSA) is 40.6 Å². The van der Waals surface area contributed by atoms with Crippen molar-refractivity contribution in [3.63, 3.8) is 0 Å². The quantitative estimate of drug-likeness (QED) is 0.450. The SMILES string of the molecule is CCN1C(=O)C(=C/C=C/C2CCC(C)CC2)C(=O)N(CC)C1=S. The zero-order valence-electron chi connectivity index (χ0n) is 14.2. The third-order valence-electron chi connectivity index (χ3n) is 4.75. The molecular weight excluding hydrogens is 308 g/mol. The van der Waals surface area contributed by atoms with Gasteiger partial charge in [-0.25, -0.2) is 0 Å². The van der Waals surface area contributed by atoms with Crippen LogP contribution in [-0.4, -0.2) is 39.8 Å². The number of hydrogen-bond acceptors (Lipinski definition) is 3. The van der Waals surface area contributed by atoms with Crippen LogP contribution in [0.3, 0.4) is 0 Å². The van der Waals surface area contributed by atoms with Crippen LogP contribution in [0.15, 0.2) is 23.8 Å². The van der Waals surface area contributed by atoms with Crippen molar-refractivity contribution in [3.8, 4) is 0 Å². The number of nitrogens with zero attached hydrogens (tertiary/aromatic N) is 2. The minimum atomic E-state index is -0.283. The van der Waals surface area contributed by atoms with Crippen LogP contribution in [0.5, 0.6) is 0 Å². The largest absolute Gasteiger partial charge is 0.285 e. The summed E-state index contributed by atoms with van der Waals surface area (Å²) < 4.78 is 0. The van der Waals surface area contributed by atoms with E-state index in [1.54, 1.807) is 6.08 Å². The molecule has 0 atom stereocenters. The number of likely N-dealkylation sites (N-methyl/N-ethyl adjacent to an activating group) is 2. The molecule has 0 radical (unpaired) electrons. The van der Waals surface area contributed by atoms with Crippen molar-refractivity contribution in [2.75, 3.05) is 13.1 Å². The van der Waals surface area contributed by atoms with Gasteiger partial charge in [0.15, 0.2) is 5.11 Å². The minimum absolute atomic E-state index is 0.211. The van der Waals surface area contributed by atoms with E-state index in [0.717, 1.165) is 5.92 Å². The van der Waals surface area contributed by atoms with Crippen LogP contribution in [0.4, 0.5) is 0 Å². The molecule has 5 heteroatoms. The fourth-order valence-corrected chi connectivity index (χ4v) is 3.61. The first-order valence-corrected chi connectivity index (χ1v) is 8.96. The molecule has 2 aliphatic rings. The van der Waals surface area contributed by atoms with Crippen LogP contribution < -0.4 is 0 Å². The Labute approximate surface area is 144 Å². The molecule has 0 aromatic rings. The van der Waals surface area contributed by atoms with Crippen LogP contribution >= 0.6 is 12.2 Å². The Morgan fingerprint density at radius 1 is 1.04 bits per heavy atom. The van der Waals surface area contributed by atoms with Crippen molar-refractivity contribution in [1.29, 1.82) is 0 Å². The maximum Gasteiger partial charge on any atom is 0.265 e. The van der Waals surface area contributed by atoms with E-state index in [1.807, 2.05) is 19.9 Å². The maximum atomic E-state index is 12.5. The van der Waals surface area contributed by atoms with Crippen molar-refractivity contribution >= 4 is 29.1 Å². The van der Waals surface area contributed by atoms with E-state index in [-0.39, 0.29) is 17.4 Å². The molecule has 23 heavy (non-hydrogen) atoms. The second kappa shape index (κ2) is 7.86. The lowest BCUT2D eigenvalue weighted by atomic mass is 9.83. The summed E-state index contributed by atoms with van der Waals surface area (Å²) in [5, 5.41) is 0.312. The second-order valence-corrected chi connectivity index (χ2v) is 6.73. The lowest BCUT2D eigenvalue weighted by Gasteiger charge is -2.35. The molecule has 1 saturated carbocycles. The van der Waals surface area contributed by atoms with E-state index in [9.17, 15) is 9.59 Å². The molecule has 4 nitrogen and oxygen atoms in total. The average molecular weight is 334 g/mol. The van der Waals surface area contributed by atoms with Gasteiger partial charge < -0.3 is 0 Å². The smallest absolute Gasteiger partial charge is 0.265 e. The second-order valence-electron chi connectivity index (χ2n) is 6.37. The molecule has 1 saturated heterocycles. The van der Waals surface area contributed by atoms with Crippen LogP contribution in [0.1, 0.15) is 46.5 Å². The van der Waals surface area contributed by atoms with Crippen molar-refractivity contribution in [2.45, 2.75) is 46.5 Å². The summed E-state index contributed by atoms with van der Waals surface area (Å²) in [6.07, 6.45) is 10.6. The third kappa shape index (κ3) is 3.89. The number of rotatable bonds is 4. The van der Waals surface area contributed by atoms with Gasteiger partial charge in [-0.2, -0.15) is 0 Å². The summed E-state index contributed by atoms with van der Waals surface area (Å²) in [5.41, 5.74) is 0.211. The summed E-state index contributed by atoms with van der Waals surface area (Å²) >= 11 is 5.24. The fourth-order valence-electron chi connectivity index (χ4n) is 3.19. The number of allylic oxidation sites excluding steroid dienone is 3. The summed E-state index contributed by atoms with van der Waals surface area (Å²) in [5.74, 6) is 0.808. The summed E-state index contributed by atoms with van der Waals surface area (Å²) in [4.78, 5) is 27.9. The molecule has 0 bridgehead atoms.